The summed E-state index contributed by atoms with van der Waals surface area (Å²) in [4.78, 5) is 0. The minimum atomic E-state index is 0.555. The zero-order valence-electron chi connectivity index (χ0n) is 12.6. The van der Waals surface area contributed by atoms with Gasteiger partial charge in [0.15, 0.2) is 0 Å². The Balaban J connectivity index is 1.39. The maximum Gasteiger partial charge on any atom is 0.0494 e. The molecule has 0 aliphatic heterocycles. The predicted molar refractivity (Wildman–Crippen MR) is 82.8 cm³/mol. The van der Waals surface area contributed by atoms with Gasteiger partial charge in [0.05, 0.1) is 0 Å². The largest absolute Gasteiger partial charge is 0.381 e. The molecule has 0 heterocycles. The van der Waals surface area contributed by atoms with Crippen molar-refractivity contribution in [3.8, 4) is 0 Å². The van der Waals surface area contributed by atoms with Crippen molar-refractivity contribution >= 4 is 0 Å². The van der Waals surface area contributed by atoms with Crippen LogP contribution in [0.2, 0.25) is 0 Å². The molecule has 2 aliphatic rings. The van der Waals surface area contributed by atoms with Crippen LogP contribution in [0.3, 0.4) is 0 Å². The zero-order valence-corrected chi connectivity index (χ0v) is 12.6. The Morgan fingerprint density at radius 1 is 1.15 bits per heavy atom. The quantitative estimate of drug-likeness (QED) is 0.690. The van der Waals surface area contributed by atoms with Gasteiger partial charge in [-0.2, -0.15) is 0 Å². The zero-order chi connectivity index (χ0) is 13.8. The molecule has 0 spiro atoms. The highest BCUT2D eigenvalue weighted by Gasteiger charge is 2.31. The van der Waals surface area contributed by atoms with Crippen molar-refractivity contribution in [1.29, 1.82) is 0 Å². The molecule has 2 fully saturated rings. The second-order valence-electron chi connectivity index (χ2n) is 6.55. The van der Waals surface area contributed by atoms with Crippen molar-refractivity contribution < 1.29 is 4.74 Å². The van der Waals surface area contributed by atoms with E-state index in [0.29, 0.717) is 6.04 Å². The molecule has 1 N–H and O–H groups in total. The molecule has 0 aromatic heterocycles. The van der Waals surface area contributed by atoms with Gasteiger partial charge in [-0.05, 0) is 63.0 Å². The molecule has 20 heavy (non-hydrogen) atoms. The monoisotopic (exact) mass is 273 g/mol. The summed E-state index contributed by atoms with van der Waals surface area (Å²) in [5.41, 5.74) is 2.80. The van der Waals surface area contributed by atoms with E-state index < -0.39 is 0 Å². The minimum absolute atomic E-state index is 0.555. The standard InChI is InChI=1S/C18H27NO/c1-14-3-7-16(8-4-14)18(17-9-10-17)19-11-2-12-20-13-15-5-6-15/h3-4,7-8,15,17-19H,2,5-6,9-13H2,1H3. The van der Waals surface area contributed by atoms with E-state index in [-0.39, 0.29) is 0 Å². The van der Waals surface area contributed by atoms with E-state index in [9.17, 15) is 0 Å². The average molecular weight is 273 g/mol. The molecule has 1 aromatic rings. The lowest BCUT2D eigenvalue weighted by molar-refractivity contribution is 0.121. The smallest absolute Gasteiger partial charge is 0.0494 e. The minimum Gasteiger partial charge on any atom is -0.381 e. The van der Waals surface area contributed by atoms with Crippen LogP contribution >= 0.6 is 0 Å². The van der Waals surface area contributed by atoms with Crippen LogP contribution in [0, 0.1) is 18.8 Å². The number of aryl methyl sites for hydroxylation is 1. The Hall–Kier alpha value is -0.860. The van der Waals surface area contributed by atoms with Crippen LogP contribution in [0.5, 0.6) is 0 Å². The molecule has 0 radical (unpaired) electrons. The fourth-order valence-electron chi connectivity index (χ4n) is 2.73. The molecule has 1 atom stereocenters. The third kappa shape index (κ3) is 4.32. The normalized spacial score (nSPS) is 20.1. The lowest BCUT2D eigenvalue weighted by atomic mass is 10.0. The number of nitrogens with one attached hydrogen (secondary N) is 1. The molecular weight excluding hydrogens is 246 g/mol. The van der Waals surface area contributed by atoms with Crippen LogP contribution in [0.25, 0.3) is 0 Å². The molecule has 2 heteroatoms. The first kappa shape index (κ1) is 14.1. The van der Waals surface area contributed by atoms with Gasteiger partial charge in [-0.3, -0.25) is 0 Å². The summed E-state index contributed by atoms with van der Waals surface area (Å²) in [5, 5.41) is 3.74. The molecule has 0 amide bonds. The van der Waals surface area contributed by atoms with Gasteiger partial charge in [-0.1, -0.05) is 29.8 Å². The van der Waals surface area contributed by atoms with Gasteiger partial charge in [-0.15, -0.1) is 0 Å². The van der Waals surface area contributed by atoms with E-state index in [1.165, 1.54) is 36.8 Å². The van der Waals surface area contributed by atoms with Crippen molar-refractivity contribution in [2.45, 2.75) is 45.1 Å². The van der Waals surface area contributed by atoms with Gasteiger partial charge < -0.3 is 10.1 Å². The highest BCUT2D eigenvalue weighted by atomic mass is 16.5. The number of rotatable bonds is 9. The fraction of sp³-hybridized carbons (Fsp3) is 0.667. The molecular formula is C18H27NO. The lowest BCUT2D eigenvalue weighted by Gasteiger charge is -2.19. The first-order valence-electron chi connectivity index (χ1n) is 8.20. The SMILES string of the molecule is Cc1ccc(C(NCCCOCC2CC2)C2CC2)cc1. The first-order chi connectivity index (χ1) is 9.83. The second kappa shape index (κ2) is 6.73. The Bertz CT molecular complexity index is 406. The van der Waals surface area contributed by atoms with Gasteiger partial charge in [0.25, 0.3) is 0 Å². The summed E-state index contributed by atoms with van der Waals surface area (Å²) in [6.07, 6.45) is 6.65. The van der Waals surface area contributed by atoms with E-state index in [1.54, 1.807) is 0 Å². The second-order valence-corrected chi connectivity index (χ2v) is 6.55. The van der Waals surface area contributed by atoms with Crippen molar-refractivity contribution in [3.05, 3.63) is 35.4 Å². The number of hydrogen-bond acceptors (Lipinski definition) is 2. The van der Waals surface area contributed by atoms with Crippen LogP contribution in [0.4, 0.5) is 0 Å². The Kier molecular flexibility index (Phi) is 4.74. The lowest BCUT2D eigenvalue weighted by Crippen LogP contribution is -2.25. The van der Waals surface area contributed by atoms with Crippen LogP contribution in [0.15, 0.2) is 24.3 Å². The molecule has 110 valence electrons. The number of benzene rings is 1. The van der Waals surface area contributed by atoms with Crippen molar-refractivity contribution in [2.24, 2.45) is 11.8 Å². The van der Waals surface area contributed by atoms with Gasteiger partial charge >= 0.3 is 0 Å². The van der Waals surface area contributed by atoms with E-state index in [4.69, 9.17) is 4.74 Å². The van der Waals surface area contributed by atoms with Crippen molar-refractivity contribution in [3.63, 3.8) is 0 Å². The van der Waals surface area contributed by atoms with Gasteiger partial charge in [0.1, 0.15) is 0 Å². The molecule has 1 aromatic carbocycles. The van der Waals surface area contributed by atoms with E-state index in [2.05, 4.69) is 36.5 Å². The summed E-state index contributed by atoms with van der Waals surface area (Å²) in [7, 11) is 0. The molecule has 0 saturated heterocycles. The van der Waals surface area contributed by atoms with Crippen molar-refractivity contribution in [1.82, 2.24) is 5.32 Å². The maximum atomic E-state index is 5.70. The average Bonchev–Trinajstić information content (AvgIpc) is 3.33. The van der Waals surface area contributed by atoms with Crippen LogP contribution in [-0.2, 0) is 4.74 Å². The van der Waals surface area contributed by atoms with Crippen LogP contribution in [0.1, 0.15) is 49.3 Å². The van der Waals surface area contributed by atoms with Gasteiger partial charge in [0, 0.05) is 19.3 Å². The molecule has 2 nitrogen and oxygen atoms in total. The Morgan fingerprint density at radius 2 is 1.90 bits per heavy atom. The van der Waals surface area contributed by atoms with Gasteiger partial charge in [0.2, 0.25) is 0 Å². The van der Waals surface area contributed by atoms with Crippen LogP contribution in [-0.4, -0.2) is 19.8 Å². The summed E-state index contributed by atoms with van der Waals surface area (Å²) < 4.78 is 5.70. The summed E-state index contributed by atoms with van der Waals surface area (Å²) in [6, 6.07) is 9.58. The van der Waals surface area contributed by atoms with E-state index in [1.807, 2.05) is 0 Å². The fourth-order valence-corrected chi connectivity index (χ4v) is 2.73. The molecule has 2 aliphatic carbocycles. The maximum absolute atomic E-state index is 5.70. The highest BCUT2D eigenvalue weighted by molar-refractivity contribution is 5.25. The molecule has 0 bridgehead atoms. The van der Waals surface area contributed by atoms with Crippen molar-refractivity contribution in [2.75, 3.05) is 19.8 Å². The predicted octanol–water partition coefficient (Wildman–Crippen LogP) is 3.85. The summed E-state index contributed by atoms with van der Waals surface area (Å²) in [6.45, 7) is 5.12. The van der Waals surface area contributed by atoms with Gasteiger partial charge in [-0.25, -0.2) is 0 Å². The topological polar surface area (TPSA) is 21.3 Å². The third-order valence-corrected chi connectivity index (χ3v) is 4.41. The van der Waals surface area contributed by atoms with Crippen LogP contribution < -0.4 is 5.32 Å². The van der Waals surface area contributed by atoms with E-state index in [0.717, 1.165) is 38.0 Å². The third-order valence-electron chi connectivity index (χ3n) is 4.41. The van der Waals surface area contributed by atoms with E-state index >= 15 is 0 Å². The Morgan fingerprint density at radius 3 is 2.55 bits per heavy atom. The summed E-state index contributed by atoms with van der Waals surface area (Å²) >= 11 is 0. The molecule has 3 rings (SSSR count). The highest BCUT2D eigenvalue weighted by Crippen LogP contribution is 2.41. The molecule has 1 unspecified atom stereocenters. The molecule has 2 saturated carbocycles. The Labute approximate surface area is 122 Å². The number of hydrogen-bond donors (Lipinski definition) is 1. The number of ether oxygens (including phenoxy) is 1. The first-order valence-corrected chi connectivity index (χ1v) is 8.20. The summed E-state index contributed by atoms with van der Waals surface area (Å²) in [5.74, 6) is 1.74.